The molecule has 0 spiro atoms. The molecule has 1 saturated heterocycles. The monoisotopic (exact) mass is 323 g/mol. The molecule has 1 aliphatic heterocycles. The number of nitrogens with one attached hydrogen (secondary N) is 2. The molecule has 0 aliphatic carbocycles. The standard InChI is InChI=1S/C15H25N5O3/c1-10-17-12(23-19-10)9-16-13(21)11-5-7-20(8-6-11)14(22)18-15(2,3)4/h11H,5-9H2,1-4H3,(H,16,21)(H,18,22). The van der Waals surface area contributed by atoms with Gasteiger partial charge in [0.1, 0.15) is 0 Å². The van der Waals surface area contributed by atoms with Gasteiger partial charge in [-0.05, 0) is 40.5 Å². The summed E-state index contributed by atoms with van der Waals surface area (Å²) in [7, 11) is 0. The number of carbonyl (C=O) groups excluding carboxylic acids is 2. The largest absolute Gasteiger partial charge is 0.347 e. The average molecular weight is 323 g/mol. The number of aromatic nitrogens is 2. The highest BCUT2D eigenvalue weighted by atomic mass is 16.5. The SMILES string of the molecule is Cc1noc(CNC(=O)C2CCN(C(=O)NC(C)(C)C)CC2)n1. The lowest BCUT2D eigenvalue weighted by Gasteiger charge is -2.33. The van der Waals surface area contributed by atoms with E-state index in [1.165, 1.54) is 0 Å². The Morgan fingerprint density at radius 2 is 1.96 bits per heavy atom. The van der Waals surface area contributed by atoms with Gasteiger partial charge in [-0.2, -0.15) is 4.98 Å². The minimum atomic E-state index is -0.256. The van der Waals surface area contributed by atoms with Crippen molar-refractivity contribution in [1.29, 1.82) is 0 Å². The first kappa shape index (κ1) is 17.2. The molecule has 0 atom stereocenters. The van der Waals surface area contributed by atoms with E-state index < -0.39 is 0 Å². The number of hydrogen-bond donors (Lipinski definition) is 2. The first-order valence-corrected chi connectivity index (χ1v) is 7.88. The molecule has 3 amide bonds. The van der Waals surface area contributed by atoms with Gasteiger partial charge in [0.15, 0.2) is 5.82 Å². The number of hydrogen-bond acceptors (Lipinski definition) is 5. The second-order valence-corrected chi connectivity index (χ2v) is 6.89. The van der Waals surface area contributed by atoms with E-state index >= 15 is 0 Å². The van der Waals surface area contributed by atoms with Crippen LogP contribution in [0.1, 0.15) is 45.3 Å². The Bertz CT molecular complexity index is 556. The molecule has 8 heteroatoms. The van der Waals surface area contributed by atoms with Gasteiger partial charge in [0.05, 0.1) is 6.54 Å². The zero-order chi connectivity index (χ0) is 17.0. The minimum absolute atomic E-state index is 0.0308. The predicted octanol–water partition coefficient (Wildman–Crippen LogP) is 1.21. The number of likely N-dealkylation sites (tertiary alicyclic amines) is 1. The van der Waals surface area contributed by atoms with Crippen LogP contribution in [0.15, 0.2) is 4.52 Å². The van der Waals surface area contributed by atoms with Crippen LogP contribution in [0.3, 0.4) is 0 Å². The van der Waals surface area contributed by atoms with Crippen molar-refractivity contribution in [3.63, 3.8) is 0 Å². The normalized spacial score (nSPS) is 16.3. The smallest absolute Gasteiger partial charge is 0.317 e. The molecule has 0 aromatic carbocycles. The highest BCUT2D eigenvalue weighted by Gasteiger charge is 2.28. The second-order valence-electron chi connectivity index (χ2n) is 6.89. The number of carbonyl (C=O) groups is 2. The van der Waals surface area contributed by atoms with Crippen LogP contribution in [0.25, 0.3) is 0 Å². The van der Waals surface area contributed by atoms with Crippen molar-refractivity contribution in [2.75, 3.05) is 13.1 Å². The molecule has 2 heterocycles. The lowest BCUT2D eigenvalue weighted by Crippen LogP contribution is -2.51. The van der Waals surface area contributed by atoms with Crippen LogP contribution < -0.4 is 10.6 Å². The van der Waals surface area contributed by atoms with E-state index in [-0.39, 0.29) is 29.9 Å². The summed E-state index contributed by atoms with van der Waals surface area (Å²) in [5.41, 5.74) is -0.256. The summed E-state index contributed by atoms with van der Waals surface area (Å²) in [4.78, 5) is 30.1. The van der Waals surface area contributed by atoms with Gasteiger partial charge in [-0.15, -0.1) is 0 Å². The van der Waals surface area contributed by atoms with Gasteiger partial charge < -0.3 is 20.1 Å². The molecule has 1 fully saturated rings. The van der Waals surface area contributed by atoms with E-state index in [9.17, 15) is 9.59 Å². The van der Waals surface area contributed by atoms with E-state index in [2.05, 4.69) is 20.8 Å². The summed E-state index contributed by atoms with van der Waals surface area (Å²) in [5.74, 6) is 0.833. The maximum Gasteiger partial charge on any atom is 0.317 e. The molecule has 2 rings (SSSR count). The third-order valence-corrected chi connectivity index (χ3v) is 3.62. The van der Waals surface area contributed by atoms with Gasteiger partial charge >= 0.3 is 6.03 Å². The van der Waals surface area contributed by atoms with Crippen LogP contribution in [-0.4, -0.2) is 45.6 Å². The lowest BCUT2D eigenvalue weighted by molar-refractivity contribution is -0.126. The van der Waals surface area contributed by atoms with Gasteiger partial charge in [0, 0.05) is 24.5 Å². The van der Waals surface area contributed by atoms with E-state index in [1.807, 2.05) is 20.8 Å². The third kappa shape index (κ3) is 5.22. The Morgan fingerprint density at radius 3 is 2.48 bits per heavy atom. The van der Waals surface area contributed by atoms with Crippen LogP contribution >= 0.6 is 0 Å². The number of aryl methyl sites for hydroxylation is 1. The van der Waals surface area contributed by atoms with Crippen LogP contribution in [0.2, 0.25) is 0 Å². The second kappa shape index (κ2) is 6.97. The van der Waals surface area contributed by atoms with Crippen LogP contribution in [0.5, 0.6) is 0 Å². The minimum Gasteiger partial charge on any atom is -0.347 e. The van der Waals surface area contributed by atoms with Crippen molar-refractivity contribution in [1.82, 2.24) is 25.7 Å². The number of urea groups is 1. The molecule has 8 nitrogen and oxygen atoms in total. The van der Waals surface area contributed by atoms with Gasteiger partial charge in [0.25, 0.3) is 0 Å². The third-order valence-electron chi connectivity index (χ3n) is 3.62. The Kier molecular flexibility index (Phi) is 5.23. The Hall–Kier alpha value is -2.12. The molecule has 1 aliphatic rings. The van der Waals surface area contributed by atoms with Crippen molar-refractivity contribution in [3.05, 3.63) is 11.7 Å². The van der Waals surface area contributed by atoms with E-state index in [0.29, 0.717) is 37.6 Å². The molecule has 0 bridgehead atoms. The highest BCUT2D eigenvalue weighted by molar-refractivity contribution is 5.79. The topological polar surface area (TPSA) is 100 Å². The van der Waals surface area contributed by atoms with Crippen molar-refractivity contribution in [2.24, 2.45) is 5.92 Å². The number of nitrogens with zero attached hydrogens (tertiary/aromatic N) is 3. The summed E-state index contributed by atoms with van der Waals surface area (Å²) in [5, 5.41) is 9.43. The fourth-order valence-electron chi connectivity index (χ4n) is 2.46. The molecular weight excluding hydrogens is 298 g/mol. The van der Waals surface area contributed by atoms with Gasteiger partial charge in [0.2, 0.25) is 11.8 Å². The van der Waals surface area contributed by atoms with Gasteiger partial charge in [-0.1, -0.05) is 5.16 Å². The van der Waals surface area contributed by atoms with Gasteiger partial charge in [-0.3, -0.25) is 4.79 Å². The molecule has 1 aromatic heterocycles. The Labute approximate surface area is 136 Å². The van der Waals surface area contributed by atoms with E-state index in [0.717, 1.165) is 0 Å². The molecule has 0 unspecified atom stereocenters. The van der Waals surface area contributed by atoms with Crippen LogP contribution in [0, 0.1) is 12.8 Å². The Morgan fingerprint density at radius 1 is 1.30 bits per heavy atom. The lowest BCUT2D eigenvalue weighted by atomic mass is 9.96. The molecular formula is C15H25N5O3. The summed E-state index contributed by atoms with van der Waals surface area (Å²) in [6, 6.07) is -0.0716. The molecule has 23 heavy (non-hydrogen) atoms. The maximum absolute atomic E-state index is 12.2. The number of piperidine rings is 1. The number of amides is 3. The van der Waals surface area contributed by atoms with Crippen molar-refractivity contribution >= 4 is 11.9 Å². The summed E-state index contributed by atoms with van der Waals surface area (Å²) >= 11 is 0. The first-order chi connectivity index (χ1) is 10.7. The molecule has 2 N–H and O–H groups in total. The van der Waals surface area contributed by atoms with Crippen molar-refractivity contribution in [2.45, 2.75) is 52.6 Å². The Balaban J connectivity index is 1.75. The van der Waals surface area contributed by atoms with E-state index in [4.69, 9.17) is 4.52 Å². The molecule has 128 valence electrons. The highest BCUT2D eigenvalue weighted by Crippen LogP contribution is 2.18. The first-order valence-electron chi connectivity index (χ1n) is 7.88. The summed E-state index contributed by atoms with van der Waals surface area (Å²) in [6.45, 7) is 8.98. The van der Waals surface area contributed by atoms with Crippen LogP contribution in [-0.2, 0) is 11.3 Å². The summed E-state index contributed by atoms with van der Waals surface area (Å²) < 4.78 is 4.96. The number of rotatable bonds is 3. The van der Waals surface area contributed by atoms with Crippen molar-refractivity contribution < 1.29 is 14.1 Å². The summed E-state index contributed by atoms with van der Waals surface area (Å²) in [6.07, 6.45) is 1.32. The van der Waals surface area contributed by atoms with Crippen molar-refractivity contribution in [3.8, 4) is 0 Å². The van der Waals surface area contributed by atoms with Crippen LogP contribution in [0.4, 0.5) is 4.79 Å². The van der Waals surface area contributed by atoms with Gasteiger partial charge in [-0.25, -0.2) is 4.79 Å². The maximum atomic E-state index is 12.2. The molecule has 1 aromatic rings. The quantitative estimate of drug-likeness (QED) is 0.871. The fourth-order valence-corrected chi connectivity index (χ4v) is 2.46. The van der Waals surface area contributed by atoms with E-state index in [1.54, 1.807) is 11.8 Å². The zero-order valence-corrected chi connectivity index (χ0v) is 14.2. The fraction of sp³-hybridized carbons (Fsp3) is 0.733. The predicted molar refractivity (Wildman–Crippen MR) is 83.5 cm³/mol. The molecule has 0 saturated carbocycles. The zero-order valence-electron chi connectivity index (χ0n) is 14.2. The average Bonchev–Trinajstić information content (AvgIpc) is 2.89. The molecule has 0 radical (unpaired) electrons.